The highest BCUT2D eigenvalue weighted by Crippen LogP contribution is 2.24. The summed E-state index contributed by atoms with van der Waals surface area (Å²) in [5, 5.41) is 0. The lowest BCUT2D eigenvalue weighted by Gasteiger charge is -2.03. The molecule has 0 aliphatic rings. The number of halogens is 1. The zero-order valence-corrected chi connectivity index (χ0v) is 21.6. The predicted molar refractivity (Wildman–Crippen MR) is 138 cm³/mol. The molecule has 6 nitrogen and oxygen atoms in total. The van der Waals surface area contributed by atoms with Gasteiger partial charge in [-0.15, -0.1) is 0 Å². The van der Waals surface area contributed by atoms with Crippen molar-refractivity contribution in [1.29, 1.82) is 0 Å². The number of benzene rings is 4. The number of hydrogen-bond donors (Lipinski definition) is 0. The van der Waals surface area contributed by atoms with E-state index in [9.17, 15) is 0 Å². The van der Waals surface area contributed by atoms with Crippen molar-refractivity contribution in [1.82, 2.24) is 14.1 Å². The van der Waals surface area contributed by atoms with Crippen molar-refractivity contribution in [3.63, 3.8) is 0 Å². The summed E-state index contributed by atoms with van der Waals surface area (Å²) in [4.78, 5) is 11.3. The Balaban J connectivity index is 0.000000165. The van der Waals surface area contributed by atoms with Crippen LogP contribution >= 0.6 is 0 Å². The molecule has 0 unspecified atom stereocenters. The second kappa shape index (κ2) is 10.9. The van der Waals surface area contributed by atoms with E-state index in [1.807, 2.05) is 96.8 Å². The van der Waals surface area contributed by atoms with Crippen LogP contribution in [0.25, 0.3) is 43.1 Å². The van der Waals surface area contributed by atoms with Crippen molar-refractivity contribution in [2.75, 3.05) is 0 Å². The third-order valence-corrected chi connectivity index (χ3v) is 5.74. The molecule has 0 N–H and O–H groups in total. The first-order chi connectivity index (χ1) is 17.2. The van der Waals surface area contributed by atoms with Gasteiger partial charge >= 0.3 is 0 Å². The van der Waals surface area contributed by atoms with Crippen molar-refractivity contribution >= 4 is 33.4 Å². The van der Waals surface area contributed by atoms with Crippen LogP contribution in [-0.4, -0.2) is 14.1 Å². The van der Waals surface area contributed by atoms with Crippen LogP contribution in [0.3, 0.4) is 0 Å². The molecule has 0 atom stereocenters. The molecule has 0 saturated heterocycles. The van der Waals surface area contributed by atoms with Crippen molar-refractivity contribution in [2.45, 2.75) is 0 Å². The van der Waals surface area contributed by atoms with E-state index in [0.29, 0.717) is 11.4 Å². The van der Waals surface area contributed by atoms with Crippen LogP contribution in [0.1, 0.15) is 0 Å². The molecule has 7 heteroatoms. The highest BCUT2D eigenvalue weighted by Gasteiger charge is 2.15. The molecular weight excluding hydrogens is 559 g/mol. The van der Waals surface area contributed by atoms with Crippen molar-refractivity contribution in [3.8, 4) is 11.4 Å². The van der Waals surface area contributed by atoms with E-state index in [1.165, 1.54) is 0 Å². The first-order valence-corrected chi connectivity index (χ1v) is 11.0. The first-order valence-electron chi connectivity index (χ1n) is 11.0. The minimum absolute atomic E-state index is 0. The number of nitrogens with zero attached hydrogens (tertiary/aromatic N) is 6. The molecular formula is C29H21IN6. The quantitative estimate of drug-likeness (QED) is 0.175. The fourth-order valence-electron chi connectivity index (χ4n) is 4.02. The largest absolute Gasteiger partial charge is 1.00 e. The molecule has 174 valence electrons. The van der Waals surface area contributed by atoms with Gasteiger partial charge in [-0.25, -0.2) is 19.2 Å². The zero-order valence-electron chi connectivity index (χ0n) is 19.5. The van der Waals surface area contributed by atoms with Crippen molar-refractivity contribution in [3.05, 3.63) is 133 Å². The lowest BCUT2D eigenvalue weighted by atomic mass is 10.2. The van der Waals surface area contributed by atoms with E-state index in [1.54, 1.807) is 12.4 Å². The Labute approximate surface area is 226 Å². The van der Waals surface area contributed by atoms with Gasteiger partial charge < -0.3 is 28.5 Å². The molecule has 6 rings (SSSR count). The molecule has 6 aromatic rings. The number of para-hydroxylation sites is 2. The maximum Gasteiger partial charge on any atom is 0.249 e. The van der Waals surface area contributed by atoms with Gasteiger partial charge in [0.1, 0.15) is 12.0 Å². The van der Waals surface area contributed by atoms with Crippen LogP contribution in [0.15, 0.2) is 110 Å². The Bertz CT molecular complexity index is 1720. The molecule has 0 spiro atoms. The standard InChI is InChI=1S/C15H12N3.C14H9N3.HI/c1-16-12-8-9-14-15(10-12)18(11-17(14)2)13-6-4-3-5-7-13;1-15-11-7-8-13-14(9-11)17(10-16-13)12-5-3-2-4-6-12;/h3-11H,2H3;2-10H;1H/q+1;;/p-1. The zero-order chi connectivity index (χ0) is 24.2. The van der Waals surface area contributed by atoms with E-state index >= 15 is 0 Å². The second-order valence-corrected chi connectivity index (χ2v) is 7.95. The van der Waals surface area contributed by atoms with Gasteiger partial charge in [-0.1, -0.05) is 48.5 Å². The summed E-state index contributed by atoms with van der Waals surface area (Å²) in [6.45, 7) is 14.2. The molecule has 0 aliphatic heterocycles. The normalized spacial score (nSPS) is 10.1. The Hall–Kier alpha value is -4.47. The maximum atomic E-state index is 7.11. The van der Waals surface area contributed by atoms with Crippen molar-refractivity contribution < 1.29 is 28.5 Å². The lowest BCUT2D eigenvalue weighted by Crippen LogP contribution is -3.00. The summed E-state index contributed by atoms with van der Waals surface area (Å²) < 4.78 is 6.16. The summed E-state index contributed by atoms with van der Waals surface area (Å²) in [5.41, 5.74) is 7.49. The summed E-state index contributed by atoms with van der Waals surface area (Å²) in [6.07, 6.45) is 3.82. The van der Waals surface area contributed by atoms with Crippen LogP contribution in [0.5, 0.6) is 0 Å². The SMILES string of the molecule is [C-]#[N+]c1ccc2c(c1)n(-c1ccccc1)c[n+]2C.[C-]#[N+]c1ccc2ncn(-c3ccccc3)c2c1.[I-]. The van der Waals surface area contributed by atoms with E-state index in [2.05, 4.69) is 35.9 Å². The van der Waals surface area contributed by atoms with E-state index in [-0.39, 0.29) is 24.0 Å². The number of imidazole rings is 2. The second-order valence-electron chi connectivity index (χ2n) is 7.95. The average molecular weight is 580 g/mol. The van der Waals surface area contributed by atoms with Gasteiger partial charge in [0.25, 0.3) is 0 Å². The van der Waals surface area contributed by atoms with E-state index < -0.39 is 0 Å². The molecule has 36 heavy (non-hydrogen) atoms. The number of fused-ring (bicyclic) bond motifs is 2. The van der Waals surface area contributed by atoms with Crippen LogP contribution in [0.2, 0.25) is 0 Å². The number of aryl methyl sites for hydroxylation is 1. The molecule has 4 aromatic carbocycles. The molecule has 0 aliphatic carbocycles. The summed E-state index contributed by atoms with van der Waals surface area (Å²) in [6, 6.07) is 31.4. The number of hydrogen-bond acceptors (Lipinski definition) is 1. The molecule has 0 fully saturated rings. The first kappa shape index (κ1) is 24.6. The Morgan fingerprint density at radius 3 is 1.86 bits per heavy atom. The van der Waals surface area contributed by atoms with Gasteiger partial charge in [-0.3, -0.25) is 0 Å². The van der Waals surface area contributed by atoms with Crippen LogP contribution in [0, 0.1) is 13.1 Å². The molecule has 0 radical (unpaired) electrons. The van der Waals surface area contributed by atoms with E-state index in [0.717, 1.165) is 33.4 Å². The van der Waals surface area contributed by atoms with Crippen LogP contribution in [0.4, 0.5) is 11.4 Å². The predicted octanol–water partition coefficient (Wildman–Crippen LogP) is 3.59. The highest BCUT2D eigenvalue weighted by molar-refractivity contribution is 5.81. The minimum atomic E-state index is 0. The minimum Gasteiger partial charge on any atom is -1.00 e. The summed E-state index contributed by atoms with van der Waals surface area (Å²) >= 11 is 0. The number of aromatic nitrogens is 4. The van der Waals surface area contributed by atoms with Gasteiger partial charge in [0.05, 0.1) is 31.2 Å². The summed E-state index contributed by atoms with van der Waals surface area (Å²) in [7, 11) is 2.01. The van der Waals surface area contributed by atoms with Gasteiger partial charge in [0.15, 0.2) is 22.4 Å². The van der Waals surface area contributed by atoms with Gasteiger partial charge in [0, 0.05) is 5.69 Å². The lowest BCUT2D eigenvalue weighted by molar-refractivity contribution is -0.645. The number of rotatable bonds is 2. The fraction of sp³-hybridized carbons (Fsp3) is 0.0345. The molecule has 0 bridgehead atoms. The van der Waals surface area contributed by atoms with Crippen molar-refractivity contribution in [2.24, 2.45) is 7.05 Å². The topological polar surface area (TPSA) is 35.3 Å². The molecule has 0 amide bonds. The van der Waals surface area contributed by atoms with Gasteiger partial charge in [-0.2, -0.15) is 4.57 Å². The Kier molecular flexibility index (Phi) is 7.43. The Morgan fingerprint density at radius 1 is 0.694 bits per heavy atom. The average Bonchev–Trinajstić information content (AvgIpc) is 3.50. The third-order valence-electron chi connectivity index (χ3n) is 5.74. The Morgan fingerprint density at radius 2 is 1.25 bits per heavy atom. The molecule has 0 saturated carbocycles. The fourth-order valence-corrected chi connectivity index (χ4v) is 4.02. The smallest absolute Gasteiger partial charge is 0.249 e. The molecule has 2 heterocycles. The van der Waals surface area contributed by atoms with Crippen LogP contribution in [-0.2, 0) is 7.05 Å². The van der Waals surface area contributed by atoms with E-state index in [4.69, 9.17) is 13.1 Å². The molecule has 2 aromatic heterocycles. The monoisotopic (exact) mass is 580 g/mol. The van der Waals surface area contributed by atoms with Gasteiger partial charge in [-0.05, 0) is 48.5 Å². The maximum absolute atomic E-state index is 7.11. The summed E-state index contributed by atoms with van der Waals surface area (Å²) in [5.74, 6) is 0. The van der Waals surface area contributed by atoms with Gasteiger partial charge in [0.2, 0.25) is 6.33 Å². The van der Waals surface area contributed by atoms with Crippen LogP contribution < -0.4 is 28.5 Å². The highest BCUT2D eigenvalue weighted by atomic mass is 127. The third kappa shape index (κ3) is 4.83.